The summed E-state index contributed by atoms with van der Waals surface area (Å²) in [6.07, 6.45) is 3.06. The van der Waals surface area contributed by atoms with Crippen molar-refractivity contribution in [2.24, 2.45) is 5.92 Å². The second kappa shape index (κ2) is 16.6. The SMILES string of the molecule is CCC(CC)COC(=O)[C@H](C)N[P@@](=O)(OCCNC(=O)CCl)OP(=O)(O)PC[C@@H]1CC[C@H](n2cnc3c(=O)[nH]c(N)nc32)O1. The van der Waals surface area contributed by atoms with Crippen LogP contribution in [0, 0.1) is 5.92 Å². The molecule has 1 fully saturated rings. The van der Waals surface area contributed by atoms with Crippen molar-refractivity contribution in [1.82, 2.24) is 29.9 Å². The number of H-pyrrole nitrogens is 1. The summed E-state index contributed by atoms with van der Waals surface area (Å²) in [5.41, 5.74) is 5.51. The van der Waals surface area contributed by atoms with Gasteiger partial charge in [-0.25, -0.2) is 18.9 Å². The molecule has 0 spiro atoms. The number of rotatable bonds is 18. The van der Waals surface area contributed by atoms with Gasteiger partial charge in [-0.1, -0.05) is 26.7 Å². The number of aromatic amines is 1. The van der Waals surface area contributed by atoms with Gasteiger partial charge < -0.3 is 25.4 Å². The number of carbonyl (C=O) groups is 2. The van der Waals surface area contributed by atoms with Crippen molar-refractivity contribution in [3.05, 3.63) is 16.7 Å². The Morgan fingerprint density at radius 3 is 2.75 bits per heavy atom. The van der Waals surface area contributed by atoms with Crippen LogP contribution in [0.2, 0.25) is 0 Å². The molecule has 2 unspecified atom stereocenters. The number of anilines is 1. The van der Waals surface area contributed by atoms with E-state index >= 15 is 0 Å². The third-order valence-electron chi connectivity index (χ3n) is 6.71. The van der Waals surface area contributed by atoms with Crippen molar-refractivity contribution >= 4 is 63.9 Å². The summed E-state index contributed by atoms with van der Waals surface area (Å²) in [5, 5.41) is 4.78. The summed E-state index contributed by atoms with van der Waals surface area (Å²) < 4.78 is 50.0. The van der Waals surface area contributed by atoms with Gasteiger partial charge in [0, 0.05) is 21.0 Å². The highest BCUT2D eigenvalue weighted by molar-refractivity contribution is 8.20. The zero-order chi connectivity index (χ0) is 32.5. The maximum absolute atomic E-state index is 13.6. The fourth-order valence-electron chi connectivity index (χ4n) is 4.21. The van der Waals surface area contributed by atoms with Crippen LogP contribution >= 0.6 is 34.9 Å². The van der Waals surface area contributed by atoms with Crippen molar-refractivity contribution in [2.75, 3.05) is 37.5 Å². The van der Waals surface area contributed by atoms with Gasteiger partial charge in [0.15, 0.2) is 11.2 Å². The highest BCUT2D eigenvalue weighted by atomic mass is 35.5. The number of nitrogen functional groups attached to an aromatic ring is 1. The Bertz CT molecular complexity index is 1440. The van der Waals surface area contributed by atoms with E-state index in [0.29, 0.717) is 12.8 Å². The summed E-state index contributed by atoms with van der Waals surface area (Å²) in [6, 6.07) is -1.21. The normalized spacial score (nSPS) is 20.6. The van der Waals surface area contributed by atoms with Gasteiger partial charge in [0.2, 0.25) is 11.9 Å². The second-order valence-corrected chi connectivity index (χ2v) is 16.8. The monoisotopic (exact) mass is 701 g/mol. The molecule has 2 aromatic heterocycles. The smallest absolute Gasteiger partial charge is 0.413 e. The van der Waals surface area contributed by atoms with E-state index in [1.807, 2.05) is 13.8 Å². The minimum Gasteiger partial charge on any atom is -0.464 e. The maximum atomic E-state index is 13.6. The Hall–Kier alpha value is -1.93. The number of imidazole rings is 1. The van der Waals surface area contributed by atoms with Crippen LogP contribution in [-0.2, 0) is 37.0 Å². The van der Waals surface area contributed by atoms with Crippen LogP contribution in [0.3, 0.4) is 0 Å². The first kappa shape index (κ1) is 36.5. The number of nitrogens with two attached hydrogens (primary N) is 1. The Balaban J connectivity index is 1.62. The Morgan fingerprint density at radius 1 is 1.34 bits per heavy atom. The predicted octanol–water partition coefficient (Wildman–Crippen LogP) is 2.61. The van der Waals surface area contributed by atoms with E-state index < -0.39 is 59.1 Å². The average Bonchev–Trinajstić information content (AvgIpc) is 3.61. The van der Waals surface area contributed by atoms with E-state index in [2.05, 4.69) is 25.4 Å². The van der Waals surface area contributed by atoms with Crippen LogP contribution in [0.15, 0.2) is 11.1 Å². The van der Waals surface area contributed by atoms with Crippen LogP contribution in [0.25, 0.3) is 11.2 Å². The fourth-order valence-corrected chi connectivity index (χ4v) is 10.6. The molecule has 248 valence electrons. The maximum Gasteiger partial charge on any atom is 0.413 e. The van der Waals surface area contributed by atoms with E-state index in [1.165, 1.54) is 13.3 Å². The van der Waals surface area contributed by atoms with Gasteiger partial charge in [-0.3, -0.25) is 33.0 Å². The minimum absolute atomic E-state index is 0.0750. The molecular formula is C23H39ClN7O10P3. The van der Waals surface area contributed by atoms with E-state index in [9.17, 15) is 28.4 Å². The summed E-state index contributed by atoms with van der Waals surface area (Å²) in [5.74, 6) is -1.48. The van der Waals surface area contributed by atoms with E-state index in [1.54, 1.807) is 4.57 Å². The van der Waals surface area contributed by atoms with Gasteiger partial charge in [0.25, 0.3) is 5.56 Å². The quantitative estimate of drug-likeness (QED) is 0.0650. The number of hydrogen-bond donors (Lipinski definition) is 5. The van der Waals surface area contributed by atoms with Crippen molar-refractivity contribution < 1.29 is 41.9 Å². The Kier molecular flexibility index (Phi) is 13.8. The molecule has 0 bridgehead atoms. The predicted molar refractivity (Wildman–Crippen MR) is 165 cm³/mol. The number of alkyl halides is 1. The summed E-state index contributed by atoms with van der Waals surface area (Å²) in [6.45, 7) is 4.95. The number of aromatic nitrogens is 4. The Labute approximate surface area is 260 Å². The lowest BCUT2D eigenvalue weighted by Crippen LogP contribution is -2.35. The second-order valence-electron chi connectivity index (χ2n) is 10.0. The number of hydrogen-bond acceptors (Lipinski definition) is 12. The molecule has 0 radical (unpaired) electrons. The van der Waals surface area contributed by atoms with E-state index in [-0.39, 0.29) is 54.8 Å². The zero-order valence-corrected chi connectivity index (χ0v) is 28.1. The molecule has 6 N–H and O–H groups in total. The van der Waals surface area contributed by atoms with Crippen molar-refractivity contribution in [2.45, 2.75) is 64.8 Å². The molecule has 0 aliphatic carbocycles. The molecule has 6 atom stereocenters. The summed E-state index contributed by atoms with van der Waals surface area (Å²) >= 11 is 5.45. The van der Waals surface area contributed by atoms with Gasteiger partial charge in [0.1, 0.15) is 18.1 Å². The molecule has 1 aliphatic heterocycles. The molecule has 3 heterocycles. The first-order valence-corrected chi connectivity index (χ1v) is 19.7. The summed E-state index contributed by atoms with van der Waals surface area (Å²) in [4.78, 5) is 57.3. The Morgan fingerprint density at radius 2 is 2.07 bits per heavy atom. The number of halogens is 1. The first-order valence-electron chi connectivity index (χ1n) is 14.0. The van der Waals surface area contributed by atoms with Crippen LogP contribution in [0.1, 0.15) is 52.7 Å². The van der Waals surface area contributed by atoms with Crippen LogP contribution in [-0.4, -0.2) is 80.2 Å². The topological polar surface area (TPSA) is 239 Å². The lowest BCUT2D eigenvalue weighted by Gasteiger charge is -2.25. The number of nitrogens with one attached hydrogen (secondary N) is 3. The molecular weight excluding hydrogens is 663 g/mol. The van der Waals surface area contributed by atoms with Crippen LogP contribution < -0.4 is 21.7 Å². The van der Waals surface area contributed by atoms with Crippen molar-refractivity contribution in [3.8, 4) is 0 Å². The minimum atomic E-state index is -4.58. The molecule has 44 heavy (non-hydrogen) atoms. The molecule has 3 rings (SSSR count). The third kappa shape index (κ3) is 10.6. The average molecular weight is 702 g/mol. The third-order valence-corrected chi connectivity index (χ3v) is 13.4. The van der Waals surface area contributed by atoms with Crippen molar-refractivity contribution in [3.63, 3.8) is 0 Å². The fraction of sp³-hybridized carbons (Fsp3) is 0.696. The van der Waals surface area contributed by atoms with Crippen LogP contribution in [0.5, 0.6) is 0 Å². The zero-order valence-electron chi connectivity index (χ0n) is 24.6. The van der Waals surface area contributed by atoms with Gasteiger partial charge in [-0.2, -0.15) is 4.98 Å². The van der Waals surface area contributed by atoms with E-state index in [0.717, 1.165) is 12.8 Å². The number of esters is 1. The molecule has 0 aromatic carbocycles. The number of fused-ring (bicyclic) bond motifs is 1. The lowest BCUT2D eigenvalue weighted by atomic mass is 10.1. The van der Waals surface area contributed by atoms with Crippen LogP contribution in [0.4, 0.5) is 5.95 Å². The number of nitrogens with zero attached hydrogens (tertiary/aromatic N) is 3. The van der Waals surface area contributed by atoms with E-state index in [4.69, 9.17) is 35.6 Å². The van der Waals surface area contributed by atoms with Gasteiger partial charge >= 0.3 is 21.0 Å². The molecule has 17 nitrogen and oxygen atoms in total. The number of amides is 1. The molecule has 21 heteroatoms. The molecule has 1 aliphatic rings. The lowest BCUT2D eigenvalue weighted by molar-refractivity contribution is -0.146. The highest BCUT2D eigenvalue weighted by Gasteiger charge is 2.39. The number of ether oxygens (including phenoxy) is 2. The van der Waals surface area contributed by atoms with Gasteiger partial charge in [0.05, 0.1) is 25.6 Å². The molecule has 1 saturated heterocycles. The van der Waals surface area contributed by atoms with Gasteiger partial charge in [-0.15, -0.1) is 11.6 Å². The molecule has 2 aromatic rings. The summed E-state index contributed by atoms with van der Waals surface area (Å²) in [7, 11) is -9.89. The largest absolute Gasteiger partial charge is 0.464 e. The number of carbonyl (C=O) groups excluding carboxylic acids is 2. The first-order chi connectivity index (χ1) is 20.8. The molecule has 1 amide bonds. The standard InChI is InChI=1S/C23H39ClN7O10P3/c1-4-15(5-2)11-38-22(34)14(3)30-43(35,39-9-8-26-17(32)10-24)41-44(36,37)42-12-16-6-7-18(40-16)31-13-27-19-20(31)28-23(25)29-21(19)33/h13-16,18,42H,4-12H2,1-3H3,(H,26,32)(H,30,35)(H,36,37)(H3,25,28,29,33)/t14-,16-,18+,43+/m0/s1. The molecule has 0 saturated carbocycles. The van der Waals surface area contributed by atoms with Gasteiger partial charge in [-0.05, 0) is 25.7 Å². The highest BCUT2D eigenvalue weighted by Crippen LogP contribution is 2.70. The van der Waals surface area contributed by atoms with Crippen molar-refractivity contribution in [1.29, 1.82) is 0 Å².